The van der Waals surface area contributed by atoms with Gasteiger partial charge in [0.15, 0.2) is 0 Å². The van der Waals surface area contributed by atoms with E-state index in [1.54, 1.807) is 0 Å². The highest BCUT2D eigenvalue weighted by molar-refractivity contribution is 6.30. The maximum atomic E-state index is 6.00. The molecule has 1 aromatic carbocycles. The lowest BCUT2D eigenvalue weighted by Gasteiger charge is -2.43. The van der Waals surface area contributed by atoms with E-state index >= 15 is 0 Å². The van der Waals surface area contributed by atoms with E-state index < -0.39 is 0 Å². The van der Waals surface area contributed by atoms with E-state index in [1.807, 2.05) is 6.07 Å². The molecule has 0 saturated heterocycles. The second-order valence-corrected chi connectivity index (χ2v) is 4.89. The number of likely N-dealkylation sites (N-methyl/N-ethyl adjacent to an activating group) is 1. The third-order valence-corrected chi connectivity index (χ3v) is 3.84. The van der Waals surface area contributed by atoms with Crippen molar-refractivity contribution >= 4 is 11.6 Å². The van der Waals surface area contributed by atoms with Gasteiger partial charge in [0.1, 0.15) is 0 Å². The van der Waals surface area contributed by atoms with Crippen molar-refractivity contribution in [3.63, 3.8) is 0 Å². The summed E-state index contributed by atoms with van der Waals surface area (Å²) in [5.74, 6) is 0. The van der Waals surface area contributed by atoms with Gasteiger partial charge in [-0.15, -0.1) is 0 Å². The maximum Gasteiger partial charge on any atom is 0.0555 e. The van der Waals surface area contributed by atoms with E-state index in [0.29, 0.717) is 6.54 Å². The van der Waals surface area contributed by atoms with E-state index in [9.17, 15) is 0 Å². The van der Waals surface area contributed by atoms with Gasteiger partial charge in [0, 0.05) is 18.1 Å². The number of hydrogen-bond acceptors (Lipinski definition) is 2. The number of hydrogen-bond donors (Lipinski definition) is 1. The van der Waals surface area contributed by atoms with Gasteiger partial charge in [-0.2, -0.15) is 0 Å². The summed E-state index contributed by atoms with van der Waals surface area (Å²) in [6, 6.07) is 6.13. The van der Waals surface area contributed by atoms with Gasteiger partial charge in [0.2, 0.25) is 0 Å². The SMILES string of the molecule is CN1CCc2cc(Cl)ccc2C1(C)CN. The average Bonchev–Trinajstić information content (AvgIpc) is 2.23. The van der Waals surface area contributed by atoms with Crippen LogP contribution in [-0.2, 0) is 12.0 Å². The molecule has 1 atom stereocenters. The number of fused-ring (bicyclic) bond motifs is 1. The van der Waals surface area contributed by atoms with Crippen LogP contribution >= 0.6 is 11.6 Å². The zero-order valence-electron chi connectivity index (χ0n) is 9.26. The molecule has 0 aromatic heterocycles. The van der Waals surface area contributed by atoms with Gasteiger partial charge in [-0.05, 0) is 43.7 Å². The summed E-state index contributed by atoms with van der Waals surface area (Å²) in [5, 5.41) is 0.817. The zero-order valence-corrected chi connectivity index (χ0v) is 10.0. The molecule has 82 valence electrons. The topological polar surface area (TPSA) is 29.3 Å². The summed E-state index contributed by atoms with van der Waals surface area (Å²) < 4.78 is 0. The molecule has 2 N–H and O–H groups in total. The summed E-state index contributed by atoms with van der Waals surface area (Å²) in [6.45, 7) is 3.87. The van der Waals surface area contributed by atoms with Crippen LogP contribution in [0.5, 0.6) is 0 Å². The molecule has 1 aliphatic heterocycles. The van der Waals surface area contributed by atoms with Gasteiger partial charge in [0.25, 0.3) is 0 Å². The van der Waals surface area contributed by atoms with Crippen molar-refractivity contribution in [2.75, 3.05) is 20.1 Å². The first-order chi connectivity index (χ1) is 7.08. The molecule has 0 radical (unpaired) electrons. The van der Waals surface area contributed by atoms with Crippen LogP contribution < -0.4 is 5.73 Å². The highest BCUT2D eigenvalue weighted by Gasteiger charge is 2.34. The lowest BCUT2D eigenvalue weighted by Crippen LogP contribution is -2.50. The fourth-order valence-electron chi connectivity index (χ4n) is 2.30. The van der Waals surface area contributed by atoms with Crippen molar-refractivity contribution in [3.8, 4) is 0 Å². The molecule has 3 heteroatoms. The Morgan fingerprint density at radius 1 is 1.53 bits per heavy atom. The Balaban J connectivity index is 2.53. The number of rotatable bonds is 1. The van der Waals surface area contributed by atoms with Crippen LogP contribution in [0.25, 0.3) is 0 Å². The lowest BCUT2D eigenvalue weighted by atomic mass is 9.82. The van der Waals surface area contributed by atoms with Gasteiger partial charge in [-0.25, -0.2) is 0 Å². The fraction of sp³-hybridized carbons (Fsp3) is 0.500. The third-order valence-electron chi connectivity index (χ3n) is 3.60. The summed E-state index contributed by atoms with van der Waals surface area (Å²) in [5.41, 5.74) is 8.53. The van der Waals surface area contributed by atoms with E-state index in [4.69, 9.17) is 17.3 Å². The highest BCUT2D eigenvalue weighted by Crippen LogP contribution is 2.34. The van der Waals surface area contributed by atoms with Crippen molar-refractivity contribution in [2.45, 2.75) is 18.9 Å². The monoisotopic (exact) mass is 224 g/mol. The van der Waals surface area contributed by atoms with Crippen molar-refractivity contribution in [2.24, 2.45) is 5.73 Å². The second kappa shape index (κ2) is 3.78. The van der Waals surface area contributed by atoms with Crippen LogP contribution in [0, 0.1) is 0 Å². The Kier molecular flexibility index (Phi) is 2.75. The number of nitrogens with zero attached hydrogens (tertiary/aromatic N) is 1. The summed E-state index contributed by atoms with van der Waals surface area (Å²) in [6.07, 6.45) is 1.06. The zero-order chi connectivity index (χ0) is 11.1. The highest BCUT2D eigenvalue weighted by atomic mass is 35.5. The molecule has 0 aliphatic carbocycles. The molecular weight excluding hydrogens is 208 g/mol. The molecule has 1 aromatic rings. The van der Waals surface area contributed by atoms with Crippen LogP contribution in [0.15, 0.2) is 18.2 Å². The smallest absolute Gasteiger partial charge is 0.0555 e. The van der Waals surface area contributed by atoms with E-state index in [2.05, 4.69) is 31.0 Å². The molecule has 15 heavy (non-hydrogen) atoms. The van der Waals surface area contributed by atoms with Crippen molar-refractivity contribution in [3.05, 3.63) is 34.3 Å². The van der Waals surface area contributed by atoms with Crippen LogP contribution in [0.4, 0.5) is 0 Å². The molecular formula is C12H17ClN2. The summed E-state index contributed by atoms with van der Waals surface area (Å²) in [4.78, 5) is 2.32. The Hall–Kier alpha value is -0.570. The quantitative estimate of drug-likeness (QED) is 0.791. The van der Waals surface area contributed by atoms with Gasteiger partial charge in [-0.1, -0.05) is 17.7 Å². The largest absolute Gasteiger partial charge is 0.328 e. The molecule has 0 bridgehead atoms. The van der Waals surface area contributed by atoms with Crippen molar-refractivity contribution < 1.29 is 0 Å². The van der Waals surface area contributed by atoms with Gasteiger partial charge in [0.05, 0.1) is 5.54 Å². The first-order valence-electron chi connectivity index (χ1n) is 5.28. The molecule has 0 saturated carbocycles. The Bertz CT molecular complexity index is 378. The first kappa shape index (κ1) is 10.9. The molecule has 1 heterocycles. The minimum absolute atomic E-state index is 0.0435. The molecule has 0 spiro atoms. The van der Waals surface area contributed by atoms with Crippen LogP contribution in [-0.4, -0.2) is 25.0 Å². The number of benzene rings is 1. The van der Waals surface area contributed by atoms with Gasteiger partial charge >= 0.3 is 0 Å². The van der Waals surface area contributed by atoms with E-state index in [1.165, 1.54) is 11.1 Å². The Morgan fingerprint density at radius 2 is 2.27 bits per heavy atom. The summed E-state index contributed by atoms with van der Waals surface area (Å²) >= 11 is 6.00. The second-order valence-electron chi connectivity index (χ2n) is 4.45. The van der Waals surface area contributed by atoms with E-state index in [-0.39, 0.29) is 5.54 Å². The van der Waals surface area contributed by atoms with Crippen LogP contribution in [0.3, 0.4) is 0 Å². The Labute approximate surface area is 96.0 Å². The number of nitrogens with two attached hydrogens (primary N) is 1. The van der Waals surface area contributed by atoms with E-state index in [0.717, 1.165) is 18.0 Å². The van der Waals surface area contributed by atoms with Gasteiger partial charge in [-0.3, -0.25) is 4.90 Å². The predicted molar refractivity (Wildman–Crippen MR) is 64.2 cm³/mol. The molecule has 2 rings (SSSR count). The average molecular weight is 225 g/mol. The fourth-order valence-corrected chi connectivity index (χ4v) is 2.50. The Morgan fingerprint density at radius 3 is 2.93 bits per heavy atom. The molecule has 0 fully saturated rings. The van der Waals surface area contributed by atoms with Crippen LogP contribution in [0.2, 0.25) is 5.02 Å². The minimum Gasteiger partial charge on any atom is -0.328 e. The van der Waals surface area contributed by atoms with Gasteiger partial charge < -0.3 is 5.73 Å². The minimum atomic E-state index is -0.0435. The standard InChI is InChI=1S/C12H17ClN2/c1-12(8-14)11-4-3-10(13)7-9(11)5-6-15(12)2/h3-4,7H,5-6,8,14H2,1-2H3. The molecule has 1 unspecified atom stereocenters. The predicted octanol–water partition coefficient (Wildman–Crippen LogP) is 2.00. The number of halogens is 1. The van der Waals surface area contributed by atoms with Crippen molar-refractivity contribution in [1.29, 1.82) is 0 Å². The lowest BCUT2D eigenvalue weighted by molar-refractivity contribution is 0.132. The maximum absolute atomic E-state index is 6.00. The summed E-state index contributed by atoms with van der Waals surface area (Å²) in [7, 11) is 2.13. The first-order valence-corrected chi connectivity index (χ1v) is 5.66. The molecule has 2 nitrogen and oxygen atoms in total. The third kappa shape index (κ3) is 1.67. The van der Waals surface area contributed by atoms with Crippen LogP contribution in [0.1, 0.15) is 18.1 Å². The normalized spacial score (nSPS) is 26.4. The molecule has 0 amide bonds. The molecule has 1 aliphatic rings. The van der Waals surface area contributed by atoms with Crippen molar-refractivity contribution in [1.82, 2.24) is 4.90 Å².